The minimum Gasteiger partial charge on any atom is -0.390 e. The molecule has 1 saturated heterocycles. The molecule has 138 valence electrons. The molecule has 3 unspecified atom stereocenters. The normalized spacial score (nSPS) is 23.0. The van der Waals surface area contributed by atoms with E-state index in [9.17, 15) is 5.11 Å². The highest BCUT2D eigenvalue weighted by molar-refractivity contribution is 5.31. The molecular weight excluding hydrogens is 314 g/mol. The number of aliphatic hydroxyl groups is 1. The first-order valence-corrected chi connectivity index (χ1v) is 9.16. The zero-order valence-corrected chi connectivity index (χ0v) is 15.9. The van der Waals surface area contributed by atoms with Gasteiger partial charge in [-0.15, -0.1) is 0 Å². The number of nitrogens with zero attached hydrogens (tertiary/aromatic N) is 3. The number of morpholine rings is 1. The Labute approximate surface area is 151 Å². The van der Waals surface area contributed by atoms with Crippen molar-refractivity contribution in [3.8, 4) is 6.07 Å². The van der Waals surface area contributed by atoms with Gasteiger partial charge in [0.2, 0.25) is 0 Å². The van der Waals surface area contributed by atoms with Crippen molar-refractivity contribution < 1.29 is 9.84 Å². The topological polar surface area (TPSA) is 59.7 Å². The molecule has 5 nitrogen and oxygen atoms in total. The fraction of sp³-hybridized carbons (Fsp3) is 0.650. The van der Waals surface area contributed by atoms with Crippen molar-refractivity contribution >= 4 is 0 Å². The zero-order chi connectivity index (χ0) is 18.4. The number of nitriles is 1. The van der Waals surface area contributed by atoms with Crippen LogP contribution >= 0.6 is 0 Å². The van der Waals surface area contributed by atoms with Crippen molar-refractivity contribution in [3.63, 3.8) is 0 Å². The molecule has 2 rings (SSSR count). The highest BCUT2D eigenvalue weighted by Crippen LogP contribution is 2.13. The van der Waals surface area contributed by atoms with Crippen LogP contribution < -0.4 is 0 Å². The summed E-state index contributed by atoms with van der Waals surface area (Å²) in [5.74, 6) is 0. The van der Waals surface area contributed by atoms with Gasteiger partial charge in [-0.1, -0.05) is 12.1 Å². The summed E-state index contributed by atoms with van der Waals surface area (Å²) in [4.78, 5) is 4.57. The monoisotopic (exact) mass is 345 g/mol. The highest BCUT2D eigenvalue weighted by atomic mass is 16.5. The maximum atomic E-state index is 10.6. The van der Waals surface area contributed by atoms with Crippen molar-refractivity contribution in [1.82, 2.24) is 9.80 Å². The Morgan fingerprint density at radius 2 is 1.84 bits per heavy atom. The van der Waals surface area contributed by atoms with Gasteiger partial charge in [0.1, 0.15) is 0 Å². The van der Waals surface area contributed by atoms with Crippen LogP contribution in [0.3, 0.4) is 0 Å². The first kappa shape index (κ1) is 19.9. The van der Waals surface area contributed by atoms with Crippen LogP contribution in [0.15, 0.2) is 24.3 Å². The van der Waals surface area contributed by atoms with Gasteiger partial charge in [-0.2, -0.15) is 5.26 Å². The number of benzene rings is 1. The third kappa shape index (κ3) is 6.41. The van der Waals surface area contributed by atoms with Gasteiger partial charge in [-0.25, -0.2) is 0 Å². The SMILES string of the molecule is CC1CN(CC(O)CN(Cc2ccc(C#N)cc2)C(C)C)CC(C)O1. The Balaban J connectivity index is 1.90. The maximum Gasteiger partial charge on any atom is 0.0991 e. The molecule has 1 N–H and O–H groups in total. The lowest BCUT2D eigenvalue weighted by Crippen LogP contribution is -2.50. The average molecular weight is 345 g/mol. The highest BCUT2D eigenvalue weighted by Gasteiger charge is 2.25. The third-order valence-electron chi connectivity index (χ3n) is 4.61. The molecule has 5 heteroatoms. The quantitative estimate of drug-likeness (QED) is 0.821. The van der Waals surface area contributed by atoms with Crippen LogP contribution in [-0.2, 0) is 11.3 Å². The van der Waals surface area contributed by atoms with Gasteiger partial charge in [0, 0.05) is 38.8 Å². The number of ether oxygens (including phenoxy) is 1. The molecule has 1 aromatic rings. The number of β-amino-alcohol motifs (C(OH)–C–C–N with tert-alkyl or cyclic N) is 1. The first-order valence-electron chi connectivity index (χ1n) is 9.16. The van der Waals surface area contributed by atoms with Gasteiger partial charge in [-0.05, 0) is 45.4 Å². The second-order valence-corrected chi connectivity index (χ2v) is 7.46. The molecule has 0 spiro atoms. The largest absolute Gasteiger partial charge is 0.390 e. The number of hydrogen-bond acceptors (Lipinski definition) is 5. The molecule has 0 aromatic heterocycles. The fourth-order valence-electron chi connectivity index (χ4n) is 3.44. The van der Waals surface area contributed by atoms with Crippen LogP contribution in [0.2, 0.25) is 0 Å². The van der Waals surface area contributed by atoms with Crippen LogP contribution in [0.1, 0.15) is 38.8 Å². The molecule has 0 saturated carbocycles. The molecule has 0 radical (unpaired) electrons. The van der Waals surface area contributed by atoms with E-state index in [1.54, 1.807) is 0 Å². The van der Waals surface area contributed by atoms with E-state index >= 15 is 0 Å². The number of hydrogen-bond donors (Lipinski definition) is 1. The third-order valence-corrected chi connectivity index (χ3v) is 4.61. The van der Waals surface area contributed by atoms with Crippen LogP contribution in [0, 0.1) is 11.3 Å². The molecule has 1 fully saturated rings. The van der Waals surface area contributed by atoms with Crippen molar-refractivity contribution in [3.05, 3.63) is 35.4 Å². The van der Waals surface area contributed by atoms with E-state index < -0.39 is 6.10 Å². The minimum absolute atomic E-state index is 0.218. The zero-order valence-electron chi connectivity index (χ0n) is 15.9. The Hall–Kier alpha value is -1.45. The summed E-state index contributed by atoms with van der Waals surface area (Å²) in [5.41, 5.74) is 1.84. The number of aliphatic hydroxyl groups excluding tert-OH is 1. The first-order chi connectivity index (χ1) is 11.9. The number of rotatable bonds is 7. The van der Waals surface area contributed by atoms with Crippen molar-refractivity contribution in [2.24, 2.45) is 0 Å². The average Bonchev–Trinajstić information content (AvgIpc) is 2.53. The second kappa shape index (κ2) is 9.30. The van der Waals surface area contributed by atoms with E-state index in [1.807, 2.05) is 24.3 Å². The standard InChI is InChI=1S/C20H31N3O2/c1-15(2)23(12-19-7-5-18(9-21)6-8-19)14-20(24)13-22-10-16(3)25-17(4)11-22/h5-8,15-17,20,24H,10-14H2,1-4H3. The predicted octanol–water partition coefficient (Wildman–Crippen LogP) is 2.24. The summed E-state index contributed by atoms with van der Waals surface area (Å²) in [6, 6.07) is 10.2. The Bertz CT molecular complexity index is 557. The van der Waals surface area contributed by atoms with Gasteiger partial charge in [0.15, 0.2) is 0 Å². The molecule has 3 atom stereocenters. The maximum absolute atomic E-state index is 10.6. The summed E-state index contributed by atoms with van der Waals surface area (Å²) in [7, 11) is 0. The summed E-state index contributed by atoms with van der Waals surface area (Å²) >= 11 is 0. The Morgan fingerprint density at radius 1 is 1.24 bits per heavy atom. The molecule has 0 bridgehead atoms. The van der Waals surface area contributed by atoms with E-state index in [0.29, 0.717) is 24.7 Å². The second-order valence-electron chi connectivity index (χ2n) is 7.46. The molecular formula is C20H31N3O2. The van der Waals surface area contributed by atoms with Gasteiger partial charge >= 0.3 is 0 Å². The van der Waals surface area contributed by atoms with E-state index in [2.05, 4.69) is 43.6 Å². The van der Waals surface area contributed by atoms with Gasteiger partial charge in [-0.3, -0.25) is 9.80 Å². The molecule has 25 heavy (non-hydrogen) atoms. The van der Waals surface area contributed by atoms with Crippen molar-refractivity contribution in [1.29, 1.82) is 5.26 Å². The molecule has 1 aliphatic rings. The lowest BCUT2D eigenvalue weighted by Gasteiger charge is -2.37. The molecule has 1 heterocycles. The molecule has 1 aromatic carbocycles. The summed E-state index contributed by atoms with van der Waals surface area (Å²) in [6.07, 6.45) is 0.0462. The van der Waals surface area contributed by atoms with E-state index in [-0.39, 0.29) is 12.2 Å². The van der Waals surface area contributed by atoms with Gasteiger partial charge < -0.3 is 9.84 Å². The Kier molecular flexibility index (Phi) is 7.39. The summed E-state index contributed by atoms with van der Waals surface area (Å²) in [6.45, 7) is 12.3. The lowest BCUT2D eigenvalue weighted by molar-refractivity contribution is -0.0786. The minimum atomic E-state index is -0.390. The van der Waals surface area contributed by atoms with Gasteiger partial charge in [0.25, 0.3) is 0 Å². The fourth-order valence-corrected chi connectivity index (χ4v) is 3.44. The lowest BCUT2D eigenvalue weighted by atomic mass is 10.1. The van der Waals surface area contributed by atoms with E-state index in [4.69, 9.17) is 10.00 Å². The summed E-state index contributed by atoms with van der Waals surface area (Å²) < 4.78 is 5.76. The van der Waals surface area contributed by atoms with Gasteiger partial charge in [0.05, 0.1) is 29.9 Å². The van der Waals surface area contributed by atoms with Crippen LogP contribution in [0.5, 0.6) is 0 Å². The molecule has 1 aliphatic heterocycles. The molecule has 0 aliphatic carbocycles. The smallest absolute Gasteiger partial charge is 0.0991 e. The Morgan fingerprint density at radius 3 is 2.36 bits per heavy atom. The van der Waals surface area contributed by atoms with Crippen LogP contribution in [0.25, 0.3) is 0 Å². The van der Waals surface area contributed by atoms with E-state index in [1.165, 1.54) is 0 Å². The molecule has 0 amide bonds. The van der Waals surface area contributed by atoms with Crippen molar-refractivity contribution in [2.75, 3.05) is 26.2 Å². The van der Waals surface area contributed by atoms with Crippen LogP contribution in [0.4, 0.5) is 0 Å². The van der Waals surface area contributed by atoms with Crippen LogP contribution in [-0.4, -0.2) is 65.4 Å². The van der Waals surface area contributed by atoms with E-state index in [0.717, 1.165) is 25.2 Å². The van der Waals surface area contributed by atoms with Crippen molar-refractivity contribution in [2.45, 2.75) is 58.6 Å². The predicted molar refractivity (Wildman–Crippen MR) is 99.2 cm³/mol. The summed E-state index contributed by atoms with van der Waals surface area (Å²) in [5, 5.41) is 19.5.